The number of aromatic carboxylic acids is 1. The lowest BCUT2D eigenvalue weighted by Gasteiger charge is -2.13. The van der Waals surface area contributed by atoms with Gasteiger partial charge < -0.3 is 14.6 Å². The third-order valence-electron chi connectivity index (χ3n) is 3.32. The minimum absolute atomic E-state index is 0.0322. The maximum atomic E-state index is 11.0. The van der Waals surface area contributed by atoms with Gasteiger partial charge in [-0.05, 0) is 29.8 Å². The molecule has 1 unspecified atom stereocenters. The van der Waals surface area contributed by atoms with Crippen LogP contribution in [-0.2, 0) is 6.42 Å². The van der Waals surface area contributed by atoms with E-state index in [1.54, 1.807) is 6.07 Å². The molecule has 2 aromatic rings. The molecule has 1 aliphatic heterocycles. The van der Waals surface area contributed by atoms with Crippen molar-refractivity contribution in [2.24, 2.45) is 0 Å². The van der Waals surface area contributed by atoms with Crippen LogP contribution in [-0.4, -0.2) is 23.8 Å². The summed E-state index contributed by atoms with van der Waals surface area (Å²) in [5, 5.41) is 9.22. The summed E-state index contributed by atoms with van der Waals surface area (Å²) in [4.78, 5) is 11.0. The second kappa shape index (κ2) is 5.66. The van der Waals surface area contributed by atoms with E-state index >= 15 is 0 Å². The zero-order valence-electron chi connectivity index (χ0n) is 11.1. The molecule has 108 valence electrons. The molecule has 21 heavy (non-hydrogen) atoms. The third-order valence-corrected chi connectivity index (χ3v) is 3.65. The largest absolute Gasteiger partial charge is 0.490 e. The summed E-state index contributed by atoms with van der Waals surface area (Å²) in [5.41, 5.74) is 1.19. The van der Waals surface area contributed by atoms with Crippen LogP contribution in [0.3, 0.4) is 0 Å². The molecular weight excluding hydrogens is 292 g/mol. The molecule has 4 nitrogen and oxygen atoms in total. The number of carboxylic acid groups (broad SMARTS) is 1. The van der Waals surface area contributed by atoms with Crippen molar-refractivity contribution in [2.75, 3.05) is 6.61 Å². The number of hydrogen-bond acceptors (Lipinski definition) is 3. The Hall–Kier alpha value is -2.20. The van der Waals surface area contributed by atoms with Crippen molar-refractivity contribution >= 4 is 17.6 Å². The van der Waals surface area contributed by atoms with E-state index in [0.717, 1.165) is 17.7 Å². The van der Waals surface area contributed by atoms with Crippen molar-refractivity contribution in [1.29, 1.82) is 0 Å². The molecule has 1 N–H and O–H groups in total. The fourth-order valence-electron chi connectivity index (χ4n) is 2.29. The van der Waals surface area contributed by atoms with Crippen LogP contribution in [0, 0.1) is 0 Å². The number of halogens is 1. The second-order valence-corrected chi connectivity index (χ2v) is 5.22. The molecule has 0 aromatic heterocycles. The van der Waals surface area contributed by atoms with Gasteiger partial charge in [-0.15, -0.1) is 0 Å². The molecule has 0 spiro atoms. The molecule has 0 radical (unpaired) electrons. The Bertz CT molecular complexity index is 659. The van der Waals surface area contributed by atoms with Crippen molar-refractivity contribution in [3.63, 3.8) is 0 Å². The van der Waals surface area contributed by atoms with E-state index in [1.807, 2.05) is 24.3 Å². The van der Waals surface area contributed by atoms with Crippen molar-refractivity contribution in [3.05, 3.63) is 58.6 Å². The lowest BCUT2D eigenvalue weighted by atomic mass is 10.1. The summed E-state index contributed by atoms with van der Waals surface area (Å²) in [7, 11) is 0. The monoisotopic (exact) mass is 304 g/mol. The van der Waals surface area contributed by atoms with E-state index < -0.39 is 5.97 Å². The van der Waals surface area contributed by atoms with Crippen LogP contribution < -0.4 is 9.47 Å². The number of hydrogen-bond donors (Lipinski definition) is 1. The van der Waals surface area contributed by atoms with E-state index in [4.69, 9.17) is 26.2 Å². The maximum Gasteiger partial charge on any atom is 0.337 e. The molecule has 0 saturated heterocycles. The SMILES string of the molecule is O=C(O)c1cc(OCC2Cc3ccccc3O2)ccc1Cl. The van der Waals surface area contributed by atoms with Gasteiger partial charge in [-0.2, -0.15) is 0 Å². The summed E-state index contributed by atoms with van der Waals surface area (Å²) in [6.07, 6.45) is 0.724. The number of para-hydroxylation sites is 1. The van der Waals surface area contributed by atoms with Gasteiger partial charge in [0.1, 0.15) is 24.2 Å². The first-order valence-electron chi connectivity index (χ1n) is 6.53. The molecule has 2 aromatic carbocycles. The first kappa shape index (κ1) is 13.8. The molecule has 1 atom stereocenters. The molecule has 3 rings (SSSR count). The standard InChI is InChI=1S/C16H13ClO4/c17-14-6-5-11(8-13(14)16(18)19)20-9-12-7-10-3-1-2-4-15(10)21-12/h1-6,8,12H,7,9H2,(H,18,19). The molecule has 0 saturated carbocycles. The van der Waals surface area contributed by atoms with E-state index in [1.165, 1.54) is 12.1 Å². The Morgan fingerprint density at radius 1 is 1.33 bits per heavy atom. The van der Waals surface area contributed by atoms with E-state index in [2.05, 4.69) is 0 Å². The summed E-state index contributed by atoms with van der Waals surface area (Å²) < 4.78 is 11.4. The van der Waals surface area contributed by atoms with Crippen LogP contribution in [0.2, 0.25) is 5.02 Å². The van der Waals surface area contributed by atoms with Crippen LogP contribution in [0.25, 0.3) is 0 Å². The van der Waals surface area contributed by atoms with Crippen molar-refractivity contribution in [3.8, 4) is 11.5 Å². The Morgan fingerprint density at radius 2 is 2.14 bits per heavy atom. The molecule has 1 heterocycles. The van der Waals surface area contributed by atoms with E-state index in [0.29, 0.717) is 12.4 Å². The van der Waals surface area contributed by atoms with Crippen LogP contribution in [0.15, 0.2) is 42.5 Å². The summed E-state index contributed by atoms with van der Waals surface area (Å²) in [5.74, 6) is 0.278. The van der Waals surface area contributed by atoms with Gasteiger partial charge in [0, 0.05) is 6.42 Å². The van der Waals surface area contributed by atoms with Gasteiger partial charge in [-0.1, -0.05) is 29.8 Å². The topological polar surface area (TPSA) is 55.8 Å². The number of carboxylic acids is 1. The molecule has 5 heteroatoms. The lowest BCUT2D eigenvalue weighted by molar-refractivity contribution is 0.0696. The molecule has 0 bridgehead atoms. The zero-order chi connectivity index (χ0) is 14.8. The summed E-state index contributed by atoms with van der Waals surface area (Å²) in [6.45, 7) is 0.357. The second-order valence-electron chi connectivity index (χ2n) is 4.81. The lowest BCUT2D eigenvalue weighted by Crippen LogP contribution is -2.22. The Labute approximate surface area is 126 Å². The summed E-state index contributed by atoms with van der Waals surface area (Å²) >= 11 is 5.82. The van der Waals surface area contributed by atoms with Crippen molar-refractivity contribution in [2.45, 2.75) is 12.5 Å². The average molecular weight is 305 g/mol. The Kier molecular flexibility index (Phi) is 3.71. The molecule has 0 fully saturated rings. The number of rotatable bonds is 4. The van der Waals surface area contributed by atoms with E-state index in [9.17, 15) is 4.79 Å². The highest BCUT2D eigenvalue weighted by atomic mass is 35.5. The van der Waals surface area contributed by atoms with Crippen molar-refractivity contribution < 1.29 is 19.4 Å². The number of fused-ring (bicyclic) bond motifs is 1. The van der Waals surface area contributed by atoms with Gasteiger partial charge >= 0.3 is 5.97 Å². The normalized spacial score (nSPS) is 16.1. The predicted octanol–water partition coefficient (Wildman–Crippen LogP) is 3.42. The van der Waals surface area contributed by atoms with Gasteiger partial charge in [-0.25, -0.2) is 4.79 Å². The molecule has 0 amide bonds. The minimum atomic E-state index is -1.07. The maximum absolute atomic E-state index is 11.0. The van der Waals surface area contributed by atoms with Crippen LogP contribution in [0.4, 0.5) is 0 Å². The van der Waals surface area contributed by atoms with Crippen molar-refractivity contribution in [1.82, 2.24) is 0 Å². The minimum Gasteiger partial charge on any atom is -0.490 e. The molecule has 1 aliphatic rings. The van der Waals surface area contributed by atoms with Crippen LogP contribution in [0.5, 0.6) is 11.5 Å². The van der Waals surface area contributed by atoms with Crippen LogP contribution >= 0.6 is 11.6 Å². The highest BCUT2D eigenvalue weighted by Crippen LogP contribution is 2.29. The number of benzene rings is 2. The molecule has 0 aliphatic carbocycles. The fourth-order valence-corrected chi connectivity index (χ4v) is 2.49. The first-order valence-corrected chi connectivity index (χ1v) is 6.91. The van der Waals surface area contributed by atoms with Gasteiger partial charge in [0.25, 0.3) is 0 Å². The highest BCUT2D eigenvalue weighted by molar-refractivity contribution is 6.33. The first-order chi connectivity index (χ1) is 10.1. The number of carbonyl (C=O) groups is 1. The fraction of sp³-hybridized carbons (Fsp3) is 0.188. The average Bonchev–Trinajstić information content (AvgIpc) is 2.89. The van der Waals surface area contributed by atoms with Gasteiger partial charge in [0.15, 0.2) is 0 Å². The zero-order valence-corrected chi connectivity index (χ0v) is 11.8. The predicted molar refractivity (Wildman–Crippen MR) is 78.5 cm³/mol. The van der Waals surface area contributed by atoms with E-state index in [-0.39, 0.29) is 16.7 Å². The number of ether oxygens (including phenoxy) is 2. The Morgan fingerprint density at radius 3 is 2.90 bits per heavy atom. The quantitative estimate of drug-likeness (QED) is 0.940. The third kappa shape index (κ3) is 2.95. The van der Waals surface area contributed by atoms with Gasteiger partial charge in [0.05, 0.1) is 10.6 Å². The Balaban J connectivity index is 1.64. The van der Waals surface area contributed by atoms with Crippen LogP contribution in [0.1, 0.15) is 15.9 Å². The smallest absolute Gasteiger partial charge is 0.337 e. The van der Waals surface area contributed by atoms with Gasteiger partial charge in [-0.3, -0.25) is 0 Å². The highest BCUT2D eigenvalue weighted by Gasteiger charge is 2.23. The molecular formula is C16H13ClO4. The summed E-state index contributed by atoms with van der Waals surface area (Å²) in [6, 6.07) is 12.5. The van der Waals surface area contributed by atoms with Gasteiger partial charge in [0.2, 0.25) is 0 Å².